The van der Waals surface area contributed by atoms with E-state index in [0.717, 1.165) is 31.2 Å². The van der Waals surface area contributed by atoms with Crippen molar-refractivity contribution in [3.63, 3.8) is 0 Å². The number of nitrogens with zero attached hydrogens (tertiary/aromatic N) is 3. The van der Waals surface area contributed by atoms with Crippen LogP contribution in [0.25, 0.3) is 6.08 Å². The number of amides is 1. The SMILES string of the molecule is CCCCCCN1C(=O)/C(=C\c2c(C)c(C#N)c(=O)n(CCC)c2NCc2ccc3c(c2)OCO3)SC1=S. The first-order valence-electron chi connectivity index (χ1n) is 12.9. The number of fused-ring (bicyclic) bond motifs is 1. The molecule has 1 aromatic carbocycles. The van der Waals surface area contributed by atoms with Crippen molar-refractivity contribution in [1.82, 2.24) is 9.47 Å². The molecule has 2 aliphatic heterocycles. The molecule has 8 nitrogen and oxygen atoms in total. The number of carbonyl (C=O) groups is 1. The Hall–Kier alpha value is -3.29. The zero-order valence-corrected chi connectivity index (χ0v) is 23.6. The second kappa shape index (κ2) is 12.5. The van der Waals surface area contributed by atoms with Gasteiger partial charge in [0.25, 0.3) is 11.5 Å². The molecule has 4 rings (SSSR count). The van der Waals surface area contributed by atoms with Gasteiger partial charge in [-0.05, 0) is 49.1 Å². The number of nitriles is 1. The van der Waals surface area contributed by atoms with E-state index in [1.54, 1.807) is 22.5 Å². The van der Waals surface area contributed by atoms with E-state index in [9.17, 15) is 14.9 Å². The summed E-state index contributed by atoms with van der Waals surface area (Å²) in [6.07, 6.45) is 6.66. The molecular formula is C28H32N4O4S2. The van der Waals surface area contributed by atoms with Gasteiger partial charge in [-0.1, -0.05) is 63.2 Å². The van der Waals surface area contributed by atoms with Gasteiger partial charge in [-0.25, -0.2) is 0 Å². The molecule has 0 spiro atoms. The highest BCUT2D eigenvalue weighted by molar-refractivity contribution is 8.26. The quantitative estimate of drug-likeness (QED) is 0.220. The van der Waals surface area contributed by atoms with E-state index in [1.165, 1.54) is 11.8 Å². The Balaban J connectivity index is 1.71. The molecule has 1 N–H and O–H groups in total. The van der Waals surface area contributed by atoms with Crippen LogP contribution in [0.4, 0.5) is 5.82 Å². The molecule has 1 fully saturated rings. The van der Waals surface area contributed by atoms with Gasteiger partial charge in [0.15, 0.2) is 11.5 Å². The average molecular weight is 553 g/mol. The molecule has 2 aliphatic rings. The number of thioether (sulfide) groups is 1. The van der Waals surface area contributed by atoms with Crippen molar-refractivity contribution < 1.29 is 14.3 Å². The molecule has 0 aliphatic carbocycles. The van der Waals surface area contributed by atoms with Crippen molar-refractivity contribution in [2.45, 2.75) is 66.0 Å². The number of carbonyl (C=O) groups excluding carboxylic acids is 1. The van der Waals surface area contributed by atoms with Crippen molar-refractivity contribution >= 4 is 46.1 Å². The number of ether oxygens (including phenoxy) is 2. The number of rotatable bonds is 11. The third kappa shape index (κ3) is 5.74. The van der Waals surface area contributed by atoms with Gasteiger partial charge in [0.05, 0.1) is 4.91 Å². The summed E-state index contributed by atoms with van der Waals surface area (Å²) in [4.78, 5) is 28.7. The number of anilines is 1. The van der Waals surface area contributed by atoms with Crippen LogP contribution in [0.5, 0.6) is 11.5 Å². The molecule has 38 heavy (non-hydrogen) atoms. The minimum atomic E-state index is -0.347. The number of nitrogens with one attached hydrogen (secondary N) is 1. The molecule has 0 radical (unpaired) electrons. The normalized spacial score (nSPS) is 15.4. The van der Waals surface area contributed by atoms with Crippen LogP contribution >= 0.6 is 24.0 Å². The highest BCUT2D eigenvalue weighted by Gasteiger charge is 2.32. The van der Waals surface area contributed by atoms with Crippen LogP contribution in [0.1, 0.15) is 68.2 Å². The van der Waals surface area contributed by atoms with Crippen LogP contribution in [0.3, 0.4) is 0 Å². The number of hydrogen-bond donors (Lipinski definition) is 1. The van der Waals surface area contributed by atoms with Gasteiger partial charge < -0.3 is 14.8 Å². The maximum Gasteiger partial charge on any atom is 0.270 e. The van der Waals surface area contributed by atoms with Crippen molar-refractivity contribution in [2.75, 3.05) is 18.7 Å². The molecule has 1 saturated heterocycles. The molecule has 10 heteroatoms. The minimum absolute atomic E-state index is 0.0772. The lowest BCUT2D eigenvalue weighted by Crippen LogP contribution is -2.29. The Kier molecular flexibility index (Phi) is 9.13. The van der Waals surface area contributed by atoms with E-state index in [4.69, 9.17) is 21.7 Å². The highest BCUT2D eigenvalue weighted by atomic mass is 32.2. The summed E-state index contributed by atoms with van der Waals surface area (Å²) >= 11 is 6.79. The van der Waals surface area contributed by atoms with Gasteiger partial charge in [-0.2, -0.15) is 5.26 Å². The number of benzene rings is 1. The zero-order valence-electron chi connectivity index (χ0n) is 22.0. The van der Waals surface area contributed by atoms with Crippen molar-refractivity contribution in [1.29, 1.82) is 5.26 Å². The summed E-state index contributed by atoms with van der Waals surface area (Å²) < 4.78 is 13.0. The zero-order chi connectivity index (χ0) is 27.2. The van der Waals surface area contributed by atoms with Gasteiger partial charge >= 0.3 is 0 Å². The van der Waals surface area contributed by atoms with Crippen LogP contribution in [0, 0.1) is 18.3 Å². The fourth-order valence-electron chi connectivity index (χ4n) is 4.55. The lowest BCUT2D eigenvalue weighted by Gasteiger charge is -2.20. The fraction of sp³-hybridized carbons (Fsp3) is 0.429. The molecule has 0 atom stereocenters. The van der Waals surface area contributed by atoms with E-state index in [2.05, 4.69) is 18.3 Å². The first kappa shape index (κ1) is 27.7. The summed E-state index contributed by atoms with van der Waals surface area (Å²) in [7, 11) is 0. The maximum atomic E-state index is 13.3. The lowest BCUT2D eigenvalue weighted by molar-refractivity contribution is -0.122. The predicted molar refractivity (Wildman–Crippen MR) is 154 cm³/mol. The number of aromatic nitrogens is 1. The molecule has 1 amide bonds. The monoisotopic (exact) mass is 552 g/mol. The summed E-state index contributed by atoms with van der Waals surface area (Å²) in [5.41, 5.74) is 1.85. The number of hydrogen-bond acceptors (Lipinski definition) is 8. The van der Waals surface area contributed by atoms with E-state index < -0.39 is 0 Å². The fourth-order valence-corrected chi connectivity index (χ4v) is 5.84. The van der Waals surface area contributed by atoms with Gasteiger partial charge in [0, 0.05) is 25.2 Å². The smallest absolute Gasteiger partial charge is 0.270 e. The lowest BCUT2D eigenvalue weighted by atomic mass is 10.0. The van der Waals surface area contributed by atoms with Crippen LogP contribution in [-0.2, 0) is 17.9 Å². The number of pyridine rings is 1. The first-order valence-corrected chi connectivity index (χ1v) is 14.2. The molecule has 2 aromatic rings. The van der Waals surface area contributed by atoms with Gasteiger partial charge in [0.2, 0.25) is 6.79 Å². The Morgan fingerprint density at radius 2 is 1.92 bits per heavy atom. The van der Waals surface area contributed by atoms with Crippen LogP contribution in [0.15, 0.2) is 27.9 Å². The molecule has 200 valence electrons. The van der Waals surface area contributed by atoms with E-state index in [0.29, 0.717) is 63.7 Å². The highest BCUT2D eigenvalue weighted by Crippen LogP contribution is 2.36. The summed E-state index contributed by atoms with van der Waals surface area (Å²) in [6.45, 7) is 7.49. The van der Waals surface area contributed by atoms with Gasteiger partial charge in [-0.3, -0.25) is 19.1 Å². The third-order valence-corrected chi connectivity index (χ3v) is 7.98. The second-order valence-electron chi connectivity index (χ2n) is 9.27. The van der Waals surface area contributed by atoms with Crippen molar-refractivity contribution in [3.8, 4) is 17.6 Å². The molecule has 1 aromatic heterocycles. The molecular weight excluding hydrogens is 520 g/mol. The maximum absolute atomic E-state index is 13.3. The Labute approximate surface area is 232 Å². The first-order chi connectivity index (χ1) is 18.4. The topological polar surface area (TPSA) is 96.6 Å². The van der Waals surface area contributed by atoms with E-state index in [-0.39, 0.29) is 23.8 Å². The van der Waals surface area contributed by atoms with Crippen LogP contribution in [0.2, 0.25) is 0 Å². The molecule has 0 bridgehead atoms. The Morgan fingerprint density at radius 1 is 1.13 bits per heavy atom. The molecule has 3 heterocycles. The van der Waals surface area contributed by atoms with E-state index >= 15 is 0 Å². The van der Waals surface area contributed by atoms with Gasteiger partial charge in [-0.15, -0.1) is 0 Å². The minimum Gasteiger partial charge on any atom is -0.454 e. The molecule has 0 saturated carbocycles. The Bertz CT molecular complexity index is 1380. The third-order valence-electron chi connectivity index (χ3n) is 6.60. The standard InChI is InChI=1S/C28H32N4O4S2/c1-4-6-7-8-12-32-27(34)24(38-28(32)37)14-20-18(3)21(15-29)26(33)31(11-5-2)25(20)30-16-19-9-10-22-23(13-19)36-17-35-22/h9-10,13-14,30H,4-8,11-12,16-17H2,1-3H3/b24-14+. The van der Waals surface area contributed by atoms with Crippen LogP contribution in [-0.4, -0.2) is 33.0 Å². The van der Waals surface area contributed by atoms with Crippen molar-refractivity contribution in [2.24, 2.45) is 0 Å². The Morgan fingerprint density at radius 3 is 2.66 bits per heavy atom. The average Bonchev–Trinajstić information content (AvgIpc) is 3.48. The van der Waals surface area contributed by atoms with Gasteiger partial charge in [0.1, 0.15) is 21.8 Å². The number of thiocarbonyl (C=S) groups is 1. The summed E-state index contributed by atoms with van der Waals surface area (Å²) in [5, 5.41) is 13.2. The molecule has 0 unspecified atom stereocenters. The largest absolute Gasteiger partial charge is 0.454 e. The van der Waals surface area contributed by atoms with Crippen molar-refractivity contribution in [3.05, 3.63) is 55.7 Å². The summed E-state index contributed by atoms with van der Waals surface area (Å²) in [5.74, 6) is 1.81. The predicted octanol–water partition coefficient (Wildman–Crippen LogP) is 5.56. The number of unbranched alkanes of at least 4 members (excludes halogenated alkanes) is 3. The van der Waals surface area contributed by atoms with Crippen LogP contribution < -0.4 is 20.3 Å². The van der Waals surface area contributed by atoms with E-state index in [1.807, 2.05) is 25.1 Å². The summed E-state index contributed by atoms with van der Waals surface area (Å²) in [6, 6.07) is 7.77. The second-order valence-corrected chi connectivity index (χ2v) is 10.9.